The maximum absolute atomic E-state index is 10.8. The van der Waals surface area contributed by atoms with E-state index in [1.54, 1.807) is 0 Å². The van der Waals surface area contributed by atoms with Gasteiger partial charge in [0, 0.05) is 30.8 Å². The maximum Gasteiger partial charge on any atom is 0.123 e. The first-order valence-corrected chi connectivity index (χ1v) is 9.47. The lowest BCUT2D eigenvalue weighted by Gasteiger charge is -2.29. The smallest absolute Gasteiger partial charge is 0.123 e. The highest BCUT2D eigenvalue weighted by molar-refractivity contribution is 5.51. The molecule has 2 N–H and O–H groups in total. The summed E-state index contributed by atoms with van der Waals surface area (Å²) in [6.45, 7) is 16.4. The summed E-state index contributed by atoms with van der Waals surface area (Å²) in [6, 6.07) is 3.79. The van der Waals surface area contributed by atoms with Crippen molar-refractivity contribution in [2.75, 3.05) is 39.5 Å². The number of hydrogen-bond donors (Lipinski definition) is 2. The number of rotatable bonds is 5. The van der Waals surface area contributed by atoms with Crippen molar-refractivity contribution in [3.63, 3.8) is 0 Å². The second-order valence-corrected chi connectivity index (χ2v) is 9.24. The van der Waals surface area contributed by atoms with Crippen LogP contribution in [0.25, 0.3) is 0 Å². The summed E-state index contributed by atoms with van der Waals surface area (Å²) in [6.07, 6.45) is -0.557. The number of aliphatic hydroxyl groups excluding tert-OH is 1. The second-order valence-electron chi connectivity index (χ2n) is 9.24. The van der Waals surface area contributed by atoms with Crippen molar-refractivity contribution in [2.24, 2.45) is 0 Å². The third kappa shape index (κ3) is 5.60. The number of β-amino-alcohol motifs (C(OH)–C–C–N with tert-alkyl or cyclic N) is 1. The Morgan fingerprint density at radius 1 is 1.04 bits per heavy atom. The van der Waals surface area contributed by atoms with Crippen LogP contribution < -0.4 is 4.74 Å². The third-order valence-corrected chi connectivity index (χ3v) is 4.71. The van der Waals surface area contributed by atoms with Gasteiger partial charge in [0.2, 0.25) is 0 Å². The number of phenolic OH excluding ortho intramolecular Hbond substituents is 1. The molecule has 0 bridgehead atoms. The number of hydrogen-bond acceptors (Lipinski definition) is 5. The van der Waals surface area contributed by atoms with Crippen molar-refractivity contribution in [1.82, 2.24) is 4.90 Å². The van der Waals surface area contributed by atoms with Gasteiger partial charge in [0.25, 0.3) is 0 Å². The molecule has 5 nitrogen and oxygen atoms in total. The normalized spacial score (nSPS) is 18.0. The fraction of sp³-hybridized carbons (Fsp3) is 0.714. The number of ether oxygens (including phenoxy) is 2. The van der Waals surface area contributed by atoms with Gasteiger partial charge in [-0.25, -0.2) is 0 Å². The summed E-state index contributed by atoms with van der Waals surface area (Å²) in [7, 11) is 0. The zero-order valence-electron chi connectivity index (χ0n) is 17.1. The first-order chi connectivity index (χ1) is 12.0. The zero-order valence-corrected chi connectivity index (χ0v) is 17.1. The van der Waals surface area contributed by atoms with Gasteiger partial charge in [-0.3, -0.25) is 4.90 Å². The molecule has 1 aromatic carbocycles. The van der Waals surface area contributed by atoms with Gasteiger partial charge < -0.3 is 19.7 Å². The largest absolute Gasteiger partial charge is 0.507 e. The Balaban J connectivity index is 2.12. The lowest BCUT2D eigenvalue weighted by molar-refractivity contribution is 0.00463. The average molecular weight is 366 g/mol. The first kappa shape index (κ1) is 21.0. The van der Waals surface area contributed by atoms with Gasteiger partial charge in [-0.05, 0) is 23.0 Å². The van der Waals surface area contributed by atoms with Crippen molar-refractivity contribution in [3.05, 3.63) is 23.3 Å². The van der Waals surface area contributed by atoms with Crippen molar-refractivity contribution in [1.29, 1.82) is 0 Å². The van der Waals surface area contributed by atoms with Gasteiger partial charge in [-0.1, -0.05) is 41.5 Å². The van der Waals surface area contributed by atoms with E-state index in [1.165, 1.54) is 0 Å². The lowest BCUT2D eigenvalue weighted by atomic mass is 9.79. The molecule has 0 radical (unpaired) electrons. The van der Waals surface area contributed by atoms with Crippen molar-refractivity contribution in [2.45, 2.75) is 58.5 Å². The SMILES string of the molecule is CC(C)(C)c1cc(OCC(O)CN2CCOCC2)cc(C(C)(C)C)c1O. The van der Waals surface area contributed by atoms with E-state index >= 15 is 0 Å². The van der Waals surface area contributed by atoms with Crippen LogP contribution in [-0.4, -0.2) is 60.7 Å². The van der Waals surface area contributed by atoms with Crippen LogP contribution in [-0.2, 0) is 15.6 Å². The molecule has 0 amide bonds. The van der Waals surface area contributed by atoms with E-state index in [2.05, 4.69) is 46.4 Å². The maximum atomic E-state index is 10.8. The summed E-state index contributed by atoms with van der Waals surface area (Å²) < 4.78 is 11.3. The summed E-state index contributed by atoms with van der Waals surface area (Å²) in [5, 5.41) is 21.1. The molecule has 1 aromatic rings. The molecule has 0 aliphatic carbocycles. The Morgan fingerprint density at radius 2 is 1.54 bits per heavy atom. The predicted octanol–water partition coefficient (Wildman–Crippen LogP) is 3.06. The molecule has 1 saturated heterocycles. The molecule has 0 aromatic heterocycles. The fourth-order valence-electron chi connectivity index (χ4n) is 3.16. The molecule has 1 atom stereocenters. The molecule has 0 saturated carbocycles. The molecule has 5 heteroatoms. The summed E-state index contributed by atoms with van der Waals surface area (Å²) in [4.78, 5) is 2.19. The fourth-order valence-corrected chi connectivity index (χ4v) is 3.16. The zero-order chi connectivity index (χ0) is 19.5. The number of benzene rings is 1. The summed E-state index contributed by atoms with van der Waals surface area (Å²) in [5.74, 6) is 1.03. The van der Waals surface area contributed by atoms with E-state index in [1.807, 2.05) is 12.1 Å². The molecular formula is C21H35NO4. The first-order valence-electron chi connectivity index (χ1n) is 9.47. The number of aliphatic hydroxyl groups is 1. The molecule has 1 heterocycles. The molecule has 26 heavy (non-hydrogen) atoms. The van der Waals surface area contributed by atoms with Crippen LogP contribution >= 0.6 is 0 Å². The lowest BCUT2D eigenvalue weighted by Crippen LogP contribution is -2.42. The van der Waals surface area contributed by atoms with E-state index < -0.39 is 6.10 Å². The van der Waals surface area contributed by atoms with Crippen LogP contribution in [0.4, 0.5) is 0 Å². The van der Waals surface area contributed by atoms with Crippen LogP contribution in [0.5, 0.6) is 11.5 Å². The summed E-state index contributed by atoms with van der Waals surface area (Å²) in [5.41, 5.74) is 1.33. The van der Waals surface area contributed by atoms with Crippen LogP contribution in [0.2, 0.25) is 0 Å². The molecule has 1 unspecified atom stereocenters. The van der Waals surface area contributed by atoms with E-state index in [-0.39, 0.29) is 17.4 Å². The van der Waals surface area contributed by atoms with Crippen LogP contribution in [0, 0.1) is 0 Å². The number of aromatic hydroxyl groups is 1. The summed E-state index contributed by atoms with van der Waals surface area (Å²) >= 11 is 0. The highest BCUT2D eigenvalue weighted by Crippen LogP contribution is 2.41. The predicted molar refractivity (Wildman–Crippen MR) is 104 cm³/mol. The van der Waals surface area contributed by atoms with Gasteiger partial charge in [0.1, 0.15) is 24.2 Å². The Hall–Kier alpha value is -1.30. The van der Waals surface area contributed by atoms with Crippen LogP contribution in [0.3, 0.4) is 0 Å². The third-order valence-electron chi connectivity index (χ3n) is 4.71. The number of phenols is 1. The van der Waals surface area contributed by atoms with Gasteiger partial charge in [-0.15, -0.1) is 0 Å². The molecule has 0 spiro atoms. The van der Waals surface area contributed by atoms with Gasteiger partial charge in [0.15, 0.2) is 0 Å². The highest BCUT2D eigenvalue weighted by Gasteiger charge is 2.27. The standard InChI is InChI=1S/C21H35NO4/c1-20(2,3)17-11-16(12-18(19(17)24)21(4,5)6)26-14-15(23)13-22-7-9-25-10-8-22/h11-12,15,23-24H,7-10,13-14H2,1-6H3. The van der Waals surface area contributed by atoms with Crippen molar-refractivity contribution >= 4 is 0 Å². The molecule has 1 aliphatic rings. The van der Waals surface area contributed by atoms with Crippen molar-refractivity contribution < 1.29 is 19.7 Å². The number of morpholine rings is 1. The van der Waals surface area contributed by atoms with Gasteiger partial charge in [0.05, 0.1) is 13.2 Å². The van der Waals surface area contributed by atoms with E-state index in [0.29, 0.717) is 18.0 Å². The quantitative estimate of drug-likeness (QED) is 0.840. The van der Waals surface area contributed by atoms with Crippen LogP contribution in [0.1, 0.15) is 52.7 Å². The average Bonchev–Trinajstić information content (AvgIpc) is 2.52. The van der Waals surface area contributed by atoms with E-state index in [4.69, 9.17) is 9.47 Å². The molecule has 148 valence electrons. The minimum atomic E-state index is -0.557. The molecule has 1 fully saturated rings. The molecular weight excluding hydrogens is 330 g/mol. The molecule has 2 rings (SSSR count). The monoisotopic (exact) mass is 365 g/mol. The van der Waals surface area contributed by atoms with Gasteiger partial charge in [-0.2, -0.15) is 0 Å². The van der Waals surface area contributed by atoms with Crippen molar-refractivity contribution in [3.8, 4) is 11.5 Å². The van der Waals surface area contributed by atoms with E-state index in [0.717, 1.165) is 37.4 Å². The Morgan fingerprint density at radius 3 is 2.00 bits per heavy atom. The molecule has 1 aliphatic heterocycles. The van der Waals surface area contributed by atoms with Crippen LogP contribution in [0.15, 0.2) is 12.1 Å². The Labute approximate surface area is 157 Å². The number of nitrogens with zero attached hydrogens (tertiary/aromatic N) is 1. The van der Waals surface area contributed by atoms with Gasteiger partial charge >= 0.3 is 0 Å². The minimum absolute atomic E-state index is 0.199. The minimum Gasteiger partial charge on any atom is -0.507 e. The second kappa shape index (κ2) is 8.15. The van der Waals surface area contributed by atoms with E-state index in [9.17, 15) is 10.2 Å². The highest BCUT2D eigenvalue weighted by atomic mass is 16.5. The Kier molecular flexibility index (Phi) is 6.59. The topological polar surface area (TPSA) is 62.2 Å². The Bertz CT molecular complexity index is 560.